The Morgan fingerprint density at radius 1 is 1.69 bits per heavy atom. The van der Waals surface area contributed by atoms with E-state index in [9.17, 15) is 4.79 Å². The van der Waals surface area contributed by atoms with E-state index < -0.39 is 6.09 Å². The number of hydrogen-bond acceptors (Lipinski definition) is 4. The molecule has 13 heavy (non-hydrogen) atoms. The minimum absolute atomic E-state index is 0.0407. The minimum atomic E-state index is -0.484. The molecule has 1 amide bonds. The highest BCUT2D eigenvalue weighted by atomic mass is 16.6. The molecule has 5 nitrogen and oxygen atoms in total. The molecule has 1 rings (SSSR count). The number of ether oxygens (including phenoxy) is 2. The zero-order chi connectivity index (χ0) is 9.73. The number of amides is 1. The highest BCUT2D eigenvalue weighted by molar-refractivity contribution is 5.67. The molecule has 0 spiro atoms. The molecule has 0 aliphatic carbocycles. The molecule has 0 radical (unpaired) electrons. The monoisotopic (exact) mass is 189 g/mol. The summed E-state index contributed by atoms with van der Waals surface area (Å²) >= 11 is 0. The lowest BCUT2D eigenvalue weighted by atomic mass is 9.89. The summed E-state index contributed by atoms with van der Waals surface area (Å²) in [5.74, 6) is 0. The lowest BCUT2D eigenvalue weighted by Crippen LogP contribution is -2.48. The second kappa shape index (κ2) is 4.43. The van der Waals surface area contributed by atoms with Gasteiger partial charge in [0, 0.05) is 12.0 Å². The van der Waals surface area contributed by atoms with Crippen molar-refractivity contribution in [3.05, 3.63) is 0 Å². The summed E-state index contributed by atoms with van der Waals surface area (Å²) in [5.41, 5.74) is 0.0538. The number of carbonyl (C=O) groups excluding carboxylic acids is 1. The van der Waals surface area contributed by atoms with Crippen LogP contribution in [0.25, 0.3) is 0 Å². The van der Waals surface area contributed by atoms with E-state index in [1.54, 1.807) is 0 Å². The number of nitrogens with one attached hydrogen (secondary N) is 1. The van der Waals surface area contributed by atoms with Gasteiger partial charge in [0.25, 0.3) is 0 Å². The number of aliphatic hydroxyl groups is 1. The highest BCUT2D eigenvalue weighted by Gasteiger charge is 2.33. The molecule has 1 aliphatic rings. The van der Waals surface area contributed by atoms with Crippen LogP contribution in [0.2, 0.25) is 0 Å². The predicted octanol–water partition coefficient (Wildman–Crippen LogP) is -0.259. The van der Waals surface area contributed by atoms with E-state index in [0.29, 0.717) is 19.8 Å². The summed E-state index contributed by atoms with van der Waals surface area (Å²) in [6.45, 7) is 3.83. The van der Waals surface area contributed by atoms with E-state index in [1.807, 2.05) is 6.92 Å². The first kappa shape index (κ1) is 10.3. The first-order chi connectivity index (χ1) is 6.16. The van der Waals surface area contributed by atoms with Gasteiger partial charge in [0.05, 0.1) is 19.8 Å². The maximum atomic E-state index is 10.9. The van der Waals surface area contributed by atoms with Crippen molar-refractivity contribution in [3.8, 4) is 0 Å². The van der Waals surface area contributed by atoms with Crippen LogP contribution in [0.3, 0.4) is 0 Å². The summed E-state index contributed by atoms with van der Waals surface area (Å²) in [4.78, 5) is 10.9. The first-order valence-electron chi connectivity index (χ1n) is 4.25. The number of alkyl carbamates (subject to hydrolysis) is 1. The van der Waals surface area contributed by atoms with Gasteiger partial charge < -0.3 is 19.9 Å². The molecule has 1 heterocycles. The van der Waals surface area contributed by atoms with E-state index in [4.69, 9.17) is 9.84 Å². The lowest BCUT2D eigenvalue weighted by molar-refractivity contribution is -0.0983. The molecule has 0 aromatic rings. The van der Waals surface area contributed by atoms with Gasteiger partial charge in [-0.2, -0.15) is 0 Å². The fraction of sp³-hybridized carbons (Fsp3) is 0.875. The van der Waals surface area contributed by atoms with Crippen molar-refractivity contribution in [2.24, 2.45) is 5.41 Å². The Hall–Kier alpha value is -0.810. The SMILES string of the molecule is CC1(CNC(=O)OCCO)COC1. The quantitative estimate of drug-likeness (QED) is 0.639. The largest absolute Gasteiger partial charge is 0.447 e. The van der Waals surface area contributed by atoms with Crippen LogP contribution in [0.15, 0.2) is 0 Å². The molecule has 2 N–H and O–H groups in total. The Morgan fingerprint density at radius 3 is 2.85 bits per heavy atom. The molecule has 76 valence electrons. The van der Waals surface area contributed by atoms with Crippen LogP contribution in [0.5, 0.6) is 0 Å². The normalized spacial score (nSPS) is 18.9. The maximum Gasteiger partial charge on any atom is 0.407 e. The second-order valence-corrected chi connectivity index (χ2v) is 3.52. The van der Waals surface area contributed by atoms with Gasteiger partial charge in [-0.1, -0.05) is 6.92 Å². The van der Waals surface area contributed by atoms with Crippen LogP contribution in [-0.4, -0.2) is 44.2 Å². The third-order valence-corrected chi connectivity index (χ3v) is 1.88. The van der Waals surface area contributed by atoms with Crippen molar-refractivity contribution in [1.82, 2.24) is 5.32 Å². The highest BCUT2D eigenvalue weighted by Crippen LogP contribution is 2.24. The third kappa shape index (κ3) is 3.20. The topological polar surface area (TPSA) is 67.8 Å². The predicted molar refractivity (Wildman–Crippen MR) is 45.4 cm³/mol. The molecule has 1 fully saturated rings. The van der Waals surface area contributed by atoms with Gasteiger partial charge in [0.2, 0.25) is 0 Å². The number of carbonyl (C=O) groups is 1. The number of hydrogen-bond donors (Lipinski definition) is 2. The summed E-state index contributed by atoms with van der Waals surface area (Å²) in [6.07, 6.45) is -0.484. The molecule has 0 saturated carbocycles. The molecule has 0 aromatic heterocycles. The van der Waals surface area contributed by atoms with Crippen LogP contribution in [0.4, 0.5) is 4.79 Å². The van der Waals surface area contributed by atoms with Gasteiger partial charge in [-0.3, -0.25) is 0 Å². The average molecular weight is 189 g/mol. The number of rotatable bonds is 4. The Bertz CT molecular complexity index is 179. The van der Waals surface area contributed by atoms with E-state index >= 15 is 0 Å². The smallest absolute Gasteiger partial charge is 0.407 e. The molecular weight excluding hydrogens is 174 g/mol. The Kier molecular flexibility index (Phi) is 3.50. The third-order valence-electron chi connectivity index (χ3n) is 1.88. The van der Waals surface area contributed by atoms with Crippen LogP contribution >= 0.6 is 0 Å². The van der Waals surface area contributed by atoms with Crippen molar-refractivity contribution in [2.45, 2.75) is 6.92 Å². The van der Waals surface area contributed by atoms with E-state index in [1.165, 1.54) is 0 Å². The molecule has 0 atom stereocenters. The fourth-order valence-corrected chi connectivity index (χ4v) is 1.03. The minimum Gasteiger partial charge on any atom is -0.447 e. The molecule has 0 aromatic carbocycles. The first-order valence-corrected chi connectivity index (χ1v) is 4.25. The van der Waals surface area contributed by atoms with Gasteiger partial charge in [-0.15, -0.1) is 0 Å². The average Bonchev–Trinajstić information content (AvgIpc) is 2.08. The molecule has 0 bridgehead atoms. The van der Waals surface area contributed by atoms with Gasteiger partial charge >= 0.3 is 6.09 Å². The van der Waals surface area contributed by atoms with Gasteiger partial charge in [-0.05, 0) is 0 Å². The van der Waals surface area contributed by atoms with E-state index in [0.717, 1.165) is 0 Å². The second-order valence-electron chi connectivity index (χ2n) is 3.52. The van der Waals surface area contributed by atoms with Crippen molar-refractivity contribution >= 4 is 6.09 Å². The van der Waals surface area contributed by atoms with Crippen molar-refractivity contribution in [3.63, 3.8) is 0 Å². The molecular formula is C8H15NO4. The zero-order valence-electron chi connectivity index (χ0n) is 7.71. The summed E-state index contributed by atoms with van der Waals surface area (Å²) in [6, 6.07) is 0. The number of aliphatic hydroxyl groups excluding tert-OH is 1. The van der Waals surface area contributed by atoms with Gasteiger partial charge in [-0.25, -0.2) is 4.79 Å². The summed E-state index contributed by atoms with van der Waals surface area (Å²) in [7, 11) is 0. The van der Waals surface area contributed by atoms with Gasteiger partial charge in [0.15, 0.2) is 0 Å². The van der Waals surface area contributed by atoms with Crippen LogP contribution in [0.1, 0.15) is 6.92 Å². The lowest BCUT2D eigenvalue weighted by Gasteiger charge is -2.37. The zero-order valence-corrected chi connectivity index (χ0v) is 7.71. The summed E-state index contributed by atoms with van der Waals surface area (Å²) < 4.78 is 9.63. The van der Waals surface area contributed by atoms with Crippen LogP contribution in [-0.2, 0) is 9.47 Å². The standard InChI is InChI=1S/C8H15NO4/c1-8(5-12-6-8)4-9-7(11)13-3-2-10/h10H,2-6H2,1H3,(H,9,11). The Morgan fingerprint density at radius 2 is 2.38 bits per heavy atom. The van der Waals surface area contributed by atoms with Crippen molar-refractivity contribution in [2.75, 3.05) is 33.0 Å². The van der Waals surface area contributed by atoms with E-state index in [-0.39, 0.29) is 18.6 Å². The molecule has 0 unspecified atom stereocenters. The fourth-order valence-electron chi connectivity index (χ4n) is 1.03. The van der Waals surface area contributed by atoms with Crippen molar-refractivity contribution < 1.29 is 19.4 Å². The van der Waals surface area contributed by atoms with Crippen molar-refractivity contribution in [1.29, 1.82) is 0 Å². The van der Waals surface area contributed by atoms with Crippen LogP contribution in [0, 0.1) is 5.41 Å². The Labute approximate surface area is 77.0 Å². The molecule has 1 aliphatic heterocycles. The molecule has 1 saturated heterocycles. The maximum absolute atomic E-state index is 10.9. The Balaban J connectivity index is 2.07. The van der Waals surface area contributed by atoms with Crippen LogP contribution < -0.4 is 5.32 Å². The summed E-state index contributed by atoms with van der Waals surface area (Å²) in [5, 5.41) is 11.0. The van der Waals surface area contributed by atoms with E-state index in [2.05, 4.69) is 10.1 Å². The van der Waals surface area contributed by atoms with Gasteiger partial charge in [0.1, 0.15) is 6.61 Å². The molecule has 5 heteroatoms.